The van der Waals surface area contributed by atoms with Crippen molar-refractivity contribution in [2.75, 3.05) is 26.7 Å². The van der Waals surface area contributed by atoms with E-state index in [9.17, 15) is 14.4 Å². The van der Waals surface area contributed by atoms with Crippen LogP contribution in [0.15, 0.2) is 78.8 Å². The topological polar surface area (TPSA) is 76.2 Å². The number of amides is 3. The first kappa shape index (κ1) is 25.8. The Bertz CT molecular complexity index is 1490. The SMILES string of the molecule is CN1C=CN2C=C(CN3CCC(c4ccccc4)CC3)C=C(c3ccc4c(c3)CN(C3CCC(=O)NC3=O)C4=O)C12. The summed E-state index contributed by atoms with van der Waals surface area (Å²) in [5.41, 5.74) is 6.57. The van der Waals surface area contributed by atoms with Gasteiger partial charge in [0.05, 0.1) is 0 Å². The molecule has 210 valence electrons. The van der Waals surface area contributed by atoms with Crippen LogP contribution in [0.25, 0.3) is 5.57 Å². The lowest BCUT2D eigenvalue weighted by atomic mass is 9.89. The van der Waals surface area contributed by atoms with Gasteiger partial charge >= 0.3 is 0 Å². The molecule has 2 saturated heterocycles. The molecule has 0 bridgehead atoms. The molecule has 0 saturated carbocycles. The number of imide groups is 1. The zero-order valence-electron chi connectivity index (χ0n) is 23.3. The fourth-order valence-electron chi connectivity index (χ4n) is 7.03. The van der Waals surface area contributed by atoms with Gasteiger partial charge in [-0.1, -0.05) is 36.4 Å². The molecule has 7 rings (SSSR count). The molecule has 2 aromatic rings. The van der Waals surface area contributed by atoms with E-state index >= 15 is 0 Å². The second-order valence-electron chi connectivity index (χ2n) is 11.8. The molecule has 3 amide bonds. The maximum absolute atomic E-state index is 13.2. The molecule has 5 aliphatic rings. The minimum absolute atomic E-state index is 0.0592. The lowest BCUT2D eigenvalue weighted by Gasteiger charge is -2.37. The monoisotopic (exact) mass is 549 g/mol. The molecule has 5 aliphatic heterocycles. The number of fused-ring (bicyclic) bond motifs is 2. The van der Waals surface area contributed by atoms with Gasteiger partial charge in [-0.25, -0.2) is 0 Å². The van der Waals surface area contributed by atoms with Gasteiger partial charge in [0.25, 0.3) is 5.91 Å². The van der Waals surface area contributed by atoms with Crippen LogP contribution in [0.1, 0.15) is 58.6 Å². The van der Waals surface area contributed by atoms with E-state index in [-0.39, 0.29) is 30.3 Å². The maximum Gasteiger partial charge on any atom is 0.255 e. The first-order valence-corrected chi connectivity index (χ1v) is 14.6. The molecule has 0 aliphatic carbocycles. The summed E-state index contributed by atoms with van der Waals surface area (Å²) in [4.78, 5) is 46.0. The Kier molecular flexibility index (Phi) is 6.50. The first-order chi connectivity index (χ1) is 19.9. The molecule has 2 fully saturated rings. The summed E-state index contributed by atoms with van der Waals surface area (Å²) in [5, 5.41) is 2.39. The number of benzene rings is 2. The van der Waals surface area contributed by atoms with Gasteiger partial charge in [-0.2, -0.15) is 0 Å². The van der Waals surface area contributed by atoms with Crippen molar-refractivity contribution in [3.8, 4) is 0 Å². The van der Waals surface area contributed by atoms with Crippen LogP contribution in [-0.4, -0.2) is 76.2 Å². The van der Waals surface area contributed by atoms with Crippen LogP contribution in [0.2, 0.25) is 0 Å². The second-order valence-corrected chi connectivity index (χ2v) is 11.8. The number of rotatable bonds is 5. The fraction of sp³-hybridized carbons (Fsp3) is 0.364. The van der Waals surface area contributed by atoms with E-state index in [1.807, 2.05) is 12.1 Å². The number of nitrogens with one attached hydrogen (secondary N) is 1. The lowest BCUT2D eigenvalue weighted by molar-refractivity contribution is -0.136. The second kappa shape index (κ2) is 10.3. The number of likely N-dealkylation sites (N-methyl/N-ethyl adjacent to an activating group) is 1. The smallest absolute Gasteiger partial charge is 0.255 e. The molecule has 0 radical (unpaired) electrons. The van der Waals surface area contributed by atoms with E-state index < -0.39 is 6.04 Å². The minimum Gasteiger partial charge on any atom is -0.355 e. The van der Waals surface area contributed by atoms with E-state index in [0.29, 0.717) is 24.4 Å². The highest BCUT2D eigenvalue weighted by atomic mass is 16.2. The third-order valence-electron chi connectivity index (χ3n) is 9.20. The van der Waals surface area contributed by atoms with Gasteiger partial charge < -0.3 is 14.7 Å². The van der Waals surface area contributed by atoms with Crippen molar-refractivity contribution in [2.24, 2.45) is 0 Å². The molecule has 8 nitrogen and oxygen atoms in total. The van der Waals surface area contributed by atoms with Gasteiger partial charge in [-0.15, -0.1) is 0 Å². The average Bonchev–Trinajstić information content (AvgIpc) is 3.52. The highest BCUT2D eigenvalue weighted by molar-refractivity contribution is 6.05. The van der Waals surface area contributed by atoms with Crippen LogP contribution in [0, 0.1) is 0 Å². The standard InChI is InChI=1S/C33H35N5O3/c1-35-15-16-37-20-22(19-36-13-11-24(12-14-36)23-5-3-2-4-6-23)17-28(32(35)37)25-7-8-27-26(18-25)21-38(33(27)41)29-9-10-30(39)34-31(29)40/h2-8,15-18,20,24,29,32H,9-14,19,21H2,1H3,(H,34,39,40). The number of hydrogen-bond acceptors (Lipinski definition) is 6. The highest BCUT2D eigenvalue weighted by Gasteiger charge is 2.40. The molecular formula is C33H35N5O3. The van der Waals surface area contributed by atoms with Crippen molar-refractivity contribution >= 4 is 23.3 Å². The summed E-state index contributed by atoms with van der Waals surface area (Å²) in [6.07, 6.45) is 11.8. The molecule has 0 spiro atoms. The Balaban J connectivity index is 1.10. The van der Waals surface area contributed by atoms with E-state index in [1.165, 1.54) is 29.6 Å². The minimum atomic E-state index is -0.605. The Labute approximate surface area is 240 Å². The van der Waals surface area contributed by atoms with Gasteiger partial charge in [0.1, 0.15) is 12.2 Å². The molecule has 2 atom stereocenters. The van der Waals surface area contributed by atoms with Gasteiger partial charge in [0.2, 0.25) is 11.8 Å². The fourth-order valence-corrected chi connectivity index (χ4v) is 7.03. The van der Waals surface area contributed by atoms with Crippen molar-refractivity contribution in [3.63, 3.8) is 0 Å². The molecule has 8 heteroatoms. The van der Waals surface area contributed by atoms with Crippen LogP contribution in [-0.2, 0) is 16.1 Å². The number of likely N-dealkylation sites (tertiary alicyclic amines) is 1. The summed E-state index contributed by atoms with van der Waals surface area (Å²) < 4.78 is 0. The van der Waals surface area contributed by atoms with Crippen molar-refractivity contribution < 1.29 is 14.4 Å². The molecule has 41 heavy (non-hydrogen) atoms. The Morgan fingerprint density at radius 2 is 1.76 bits per heavy atom. The van der Waals surface area contributed by atoms with Gasteiger partial charge in [0, 0.05) is 56.3 Å². The van der Waals surface area contributed by atoms with Gasteiger partial charge in [-0.05, 0) is 78.7 Å². The zero-order chi connectivity index (χ0) is 28.1. The van der Waals surface area contributed by atoms with Gasteiger partial charge in [0.15, 0.2) is 0 Å². The molecule has 2 aromatic carbocycles. The van der Waals surface area contributed by atoms with Crippen molar-refractivity contribution in [1.29, 1.82) is 0 Å². The van der Waals surface area contributed by atoms with Crippen molar-refractivity contribution in [2.45, 2.75) is 50.4 Å². The van der Waals surface area contributed by atoms with Crippen LogP contribution in [0.4, 0.5) is 0 Å². The lowest BCUT2D eigenvalue weighted by Crippen LogP contribution is -2.52. The number of carbonyl (C=O) groups excluding carboxylic acids is 3. The molecular weight excluding hydrogens is 514 g/mol. The molecule has 2 unspecified atom stereocenters. The maximum atomic E-state index is 13.2. The number of carbonyl (C=O) groups is 3. The Hall–Kier alpha value is -4.17. The zero-order valence-corrected chi connectivity index (χ0v) is 23.3. The van der Waals surface area contributed by atoms with E-state index in [0.717, 1.165) is 30.8 Å². The Morgan fingerprint density at radius 3 is 2.54 bits per heavy atom. The van der Waals surface area contributed by atoms with Crippen LogP contribution in [0.3, 0.4) is 0 Å². The first-order valence-electron chi connectivity index (χ1n) is 14.6. The summed E-state index contributed by atoms with van der Waals surface area (Å²) >= 11 is 0. The van der Waals surface area contributed by atoms with Crippen LogP contribution < -0.4 is 5.32 Å². The highest BCUT2D eigenvalue weighted by Crippen LogP contribution is 2.37. The van der Waals surface area contributed by atoms with E-state index in [1.54, 1.807) is 4.90 Å². The molecule has 0 aromatic heterocycles. The number of hydrogen-bond donors (Lipinski definition) is 1. The van der Waals surface area contributed by atoms with Crippen molar-refractivity contribution in [3.05, 3.63) is 101 Å². The summed E-state index contributed by atoms with van der Waals surface area (Å²) in [6.45, 7) is 3.44. The van der Waals surface area contributed by atoms with E-state index in [4.69, 9.17) is 0 Å². The predicted octanol–water partition coefficient (Wildman–Crippen LogP) is 3.65. The summed E-state index contributed by atoms with van der Waals surface area (Å²) in [7, 11) is 2.09. The largest absolute Gasteiger partial charge is 0.355 e. The van der Waals surface area contributed by atoms with Gasteiger partial charge in [-0.3, -0.25) is 24.6 Å². The summed E-state index contributed by atoms with van der Waals surface area (Å²) in [6, 6.07) is 16.3. The number of nitrogens with zero attached hydrogens (tertiary/aromatic N) is 4. The van der Waals surface area contributed by atoms with Crippen LogP contribution >= 0.6 is 0 Å². The van der Waals surface area contributed by atoms with Crippen molar-refractivity contribution in [1.82, 2.24) is 24.9 Å². The third kappa shape index (κ3) is 4.76. The Morgan fingerprint density at radius 1 is 0.951 bits per heavy atom. The normalized spacial score (nSPS) is 24.8. The van der Waals surface area contributed by atoms with Crippen LogP contribution in [0.5, 0.6) is 0 Å². The molecule has 1 N–H and O–H groups in total. The number of piperidine rings is 2. The summed E-state index contributed by atoms with van der Waals surface area (Å²) in [5.74, 6) is -0.161. The average molecular weight is 550 g/mol. The quantitative estimate of drug-likeness (QED) is 0.574. The third-order valence-corrected chi connectivity index (χ3v) is 9.20. The predicted molar refractivity (Wildman–Crippen MR) is 156 cm³/mol. The van der Waals surface area contributed by atoms with E-state index in [2.05, 4.69) is 88.1 Å². The molecule has 5 heterocycles.